The van der Waals surface area contributed by atoms with E-state index in [1.165, 1.54) is 86.2 Å². The average Bonchev–Trinajstić information content (AvgIpc) is 3.67. The van der Waals surface area contributed by atoms with Gasteiger partial charge in [-0.2, -0.15) is 0 Å². The Kier molecular flexibility index (Phi) is 8.42. The van der Waals surface area contributed by atoms with Gasteiger partial charge in [-0.1, -0.05) is 170 Å². The van der Waals surface area contributed by atoms with E-state index in [-0.39, 0.29) is 0 Å². The molecule has 0 unspecified atom stereocenters. The molecule has 0 bridgehead atoms. The standard InChI is InChI=1S/C56H37NS/c1-3-13-38(14-4-1)39-25-30-46(31-26-39)57(53-34-29-45(36-51(53)41-15-5-2-6-16-41)49-22-11-20-40-17-9-10-21-48(40)49)47-32-27-42(28-33-47)50-23-12-24-54-56(50)52-35-43-18-7-8-19-44(43)37-55(52)58-54/h1-37H. The number of fused-ring (bicyclic) bond motifs is 5. The first-order valence-corrected chi connectivity index (χ1v) is 20.6. The highest BCUT2D eigenvalue weighted by atomic mass is 32.1. The van der Waals surface area contributed by atoms with Crippen LogP contribution in [0.1, 0.15) is 0 Å². The van der Waals surface area contributed by atoms with Crippen molar-refractivity contribution in [2.45, 2.75) is 0 Å². The summed E-state index contributed by atoms with van der Waals surface area (Å²) in [6.07, 6.45) is 0. The molecule has 10 aromatic carbocycles. The Hall–Kier alpha value is -7.26. The lowest BCUT2D eigenvalue weighted by Gasteiger charge is -2.29. The van der Waals surface area contributed by atoms with Gasteiger partial charge >= 0.3 is 0 Å². The summed E-state index contributed by atoms with van der Waals surface area (Å²) in [6, 6.07) is 81.9. The minimum atomic E-state index is 1.10. The Morgan fingerprint density at radius 2 is 0.828 bits per heavy atom. The van der Waals surface area contributed by atoms with Gasteiger partial charge in [0.05, 0.1) is 5.69 Å². The largest absolute Gasteiger partial charge is 0.310 e. The zero-order valence-corrected chi connectivity index (χ0v) is 32.5. The van der Waals surface area contributed by atoms with Gasteiger partial charge in [-0.15, -0.1) is 11.3 Å². The van der Waals surface area contributed by atoms with Crippen LogP contribution in [-0.4, -0.2) is 0 Å². The summed E-state index contributed by atoms with van der Waals surface area (Å²) in [6.45, 7) is 0. The summed E-state index contributed by atoms with van der Waals surface area (Å²) in [4.78, 5) is 2.42. The summed E-state index contributed by atoms with van der Waals surface area (Å²) >= 11 is 1.88. The zero-order chi connectivity index (χ0) is 38.4. The van der Waals surface area contributed by atoms with Crippen LogP contribution in [-0.2, 0) is 0 Å². The third-order valence-electron chi connectivity index (χ3n) is 11.5. The van der Waals surface area contributed by atoms with Crippen LogP contribution in [0.25, 0.3) is 86.2 Å². The molecule has 2 heteroatoms. The first-order valence-electron chi connectivity index (χ1n) is 19.8. The van der Waals surface area contributed by atoms with Gasteiger partial charge in [-0.3, -0.25) is 0 Å². The molecular weight excluding hydrogens is 719 g/mol. The summed E-state index contributed by atoms with van der Waals surface area (Å²) in [7, 11) is 0. The molecule has 0 fully saturated rings. The lowest BCUT2D eigenvalue weighted by atomic mass is 9.93. The molecule has 272 valence electrons. The molecule has 0 amide bonds. The fourth-order valence-electron chi connectivity index (χ4n) is 8.63. The maximum Gasteiger partial charge on any atom is 0.0540 e. The van der Waals surface area contributed by atoms with Gasteiger partial charge in [0.25, 0.3) is 0 Å². The zero-order valence-electron chi connectivity index (χ0n) is 31.7. The third kappa shape index (κ3) is 6.03. The lowest BCUT2D eigenvalue weighted by Crippen LogP contribution is -2.11. The number of nitrogens with zero attached hydrogens (tertiary/aromatic N) is 1. The van der Waals surface area contributed by atoms with Crippen LogP contribution in [0.3, 0.4) is 0 Å². The second-order valence-corrected chi connectivity index (χ2v) is 16.0. The Morgan fingerprint density at radius 3 is 1.57 bits per heavy atom. The molecule has 58 heavy (non-hydrogen) atoms. The highest BCUT2D eigenvalue weighted by Gasteiger charge is 2.20. The van der Waals surface area contributed by atoms with Crippen LogP contribution in [0.4, 0.5) is 17.1 Å². The van der Waals surface area contributed by atoms with Gasteiger partial charge in [0.2, 0.25) is 0 Å². The van der Waals surface area contributed by atoms with Gasteiger partial charge in [0.1, 0.15) is 0 Å². The summed E-state index contributed by atoms with van der Waals surface area (Å²) < 4.78 is 2.63. The van der Waals surface area contributed by atoms with Crippen LogP contribution in [0.15, 0.2) is 224 Å². The Balaban J connectivity index is 1.08. The first-order chi connectivity index (χ1) is 28.7. The number of benzene rings is 10. The Morgan fingerprint density at radius 1 is 0.293 bits per heavy atom. The Labute approximate surface area is 342 Å². The van der Waals surface area contributed by atoms with E-state index in [1.54, 1.807) is 0 Å². The molecule has 1 aromatic heterocycles. The Bertz CT molecular complexity index is 3250. The number of anilines is 3. The van der Waals surface area contributed by atoms with E-state index in [1.807, 2.05) is 11.3 Å². The van der Waals surface area contributed by atoms with Crippen molar-refractivity contribution in [2.24, 2.45) is 0 Å². The predicted molar refractivity (Wildman–Crippen MR) is 251 cm³/mol. The fourth-order valence-corrected chi connectivity index (χ4v) is 9.79. The van der Waals surface area contributed by atoms with Crippen molar-refractivity contribution in [3.63, 3.8) is 0 Å². The van der Waals surface area contributed by atoms with E-state index >= 15 is 0 Å². The molecular formula is C56H37NS. The monoisotopic (exact) mass is 755 g/mol. The molecule has 0 N–H and O–H groups in total. The summed E-state index contributed by atoms with van der Waals surface area (Å²) in [5, 5.41) is 7.69. The molecule has 1 nitrogen and oxygen atoms in total. The molecule has 0 aliphatic carbocycles. The van der Waals surface area contributed by atoms with Gasteiger partial charge in [0.15, 0.2) is 0 Å². The smallest absolute Gasteiger partial charge is 0.0540 e. The lowest BCUT2D eigenvalue weighted by molar-refractivity contribution is 1.28. The van der Waals surface area contributed by atoms with Crippen molar-refractivity contribution in [3.05, 3.63) is 224 Å². The quantitative estimate of drug-likeness (QED) is 0.157. The summed E-state index contributed by atoms with van der Waals surface area (Å²) in [5.41, 5.74) is 12.9. The van der Waals surface area contributed by atoms with E-state index in [4.69, 9.17) is 0 Å². The minimum Gasteiger partial charge on any atom is -0.310 e. The molecule has 0 radical (unpaired) electrons. The van der Waals surface area contributed by atoms with E-state index in [9.17, 15) is 0 Å². The van der Waals surface area contributed by atoms with Crippen molar-refractivity contribution >= 4 is 70.1 Å². The molecule has 0 atom stereocenters. The highest BCUT2D eigenvalue weighted by molar-refractivity contribution is 7.26. The molecule has 1 heterocycles. The molecule has 0 aliphatic heterocycles. The van der Waals surface area contributed by atoms with Crippen molar-refractivity contribution in [3.8, 4) is 44.5 Å². The van der Waals surface area contributed by atoms with Crippen LogP contribution in [0.5, 0.6) is 0 Å². The molecule has 0 aliphatic rings. The van der Waals surface area contributed by atoms with Gasteiger partial charge in [0, 0.05) is 37.1 Å². The van der Waals surface area contributed by atoms with Crippen molar-refractivity contribution in [2.75, 3.05) is 4.90 Å². The van der Waals surface area contributed by atoms with Crippen molar-refractivity contribution < 1.29 is 0 Å². The predicted octanol–water partition coefficient (Wildman–Crippen LogP) is 16.5. The number of rotatable bonds is 7. The second-order valence-electron chi connectivity index (χ2n) is 14.9. The van der Waals surface area contributed by atoms with E-state index in [0.717, 1.165) is 17.1 Å². The molecule has 11 aromatic rings. The van der Waals surface area contributed by atoms with Crippen LogP contribution >= 0.6 is 11.3 Å². The number of thiophene rings is 1. The molecule has 0 saturated heterocycles. The molecule has 0 spiro atoms. The molecule has 11 rings (SSSR count). The van der Waals surface area contributed by atoms with Gasteiger partial charge in [-0.25, -0.2) is 0 Å². The maximum absolute atomic E-state index is 2.42. The van der Waals surface area contributed by atoms with Crippen molar-refractivity contribution in [1.29, 1.82) is 0 Å². The average molecular weight is 756 g/mol. The SMILES string of the molecule is c1ccc(-c2ccc(N(c3ccc(-c4cccc5sc6cc7ccccc7cc6c45)cc3)c3ccc(-c4cccc5ccccc45)cc3-c3ccccc3)cc2)cc1. The maximum atomic E-state index is 2.42. The van der Waals surface area contributed by atoms with E-state index < -0.39 is 0 Å². The topological polar surface area (TPSA) is 3.24 Å². The normalized spacial score (nSPS) is 11.4. The van der Waals surface area contributed by atoms with Crippen LogP contribution in [0.2, 0.25) is 0 Å². The third-order valence-corrected chi connectivity index (χ3v) is 12.6. The second kappa shape index (κ2) is 14.4. The van der Waals surface area contributed by atoms with Crippen molar-refractivity contribution in [1.82, 2.24) is 0 Å². The number of hydrogen-bond acceptors (Lipinski definition) is 2. The highest BCUT2D eigenvalue weighted by Crippen LogP contribution is 2.46. The minimum absolute atomic E-state index is 1.10. The first kappa shape index (κ1) is 34.0. The van der Waals surface area contributed by atoms with E-state index in [2.05, 4.69) is 229 Å². The van der Waals surface area contributed by atoms with Gasteiger partial charge in [-0.05, 0) is 115 Å². The van der Waals surface area contributed by atoms with Gasteiger partial charge < -0.3 is 4.90 Å². The fraction of sp³-hybridized carbons (Fsp3) is 0. The van der Waals surface area contributed by atoms with Crippen LogP contribution < -0.4 is 4.90 Å². The molecule has 0 saturated carbocycles. The summed E-state index contributed by atoms with van der Waals surface area (Å²) in [5.74, 6) is 0. The van der Waals surface area contributed by atoms with Crippen LogP contribution in [0, 0.1) is 0 Å². The van der Waals surface area contributed by atoms with E-state index in [0.29, 0.717) is 0 Å². The number of hydrogen-bond donors (Lipinski definition) is 0.